The highest BCUT2D eigenvalue weighted by Gasteiger charge is 2.50. The molecule has 1 aliphatic rings. The van der Waals surface area contributed by atoms with Crippen LogP contribution in [0.15, 0.2) is 86.1 Å². The van der Waals surface area contributed by atoms with Crippen molar-refractivity contribution in [3.8, 4) is 0 Å². The number of hydrogen-bond acceptors (Lipinski definition) is 4. The lowest BCUT2D eigenvalue weighted by molar-refractivity contribution is -0.00774. The fourth-order valence-corrected chi connectivity index (χ4v) is 9.71. The van der Waals surface area contributed by atoms with Crippen molar-refractivity contribution in [1.82, 2.24) is 9.55 Å². The maximum atomic E-state index is 12.4. The molecule has 0 amide bonds. The summed E-state index contributed by atoms with van der Waals surface area (Å²) in [6.07, 6.45) is 2.53. The summed E-state index contributed by atoms with van der Waals surface area (Å²) in [6.45, 7) is 8.74. The first-order valence-electron chi connectivity index (χ1n) is 11.2. The molecule has 6 nitrogen and oxygen atoms in total. The molecule has 2 heterocycles. The minimum atomic E-state index is -2.70. The van der Waals surface area contributed by atoms with Crippen LogP contribution < -0.4 is 21.6 Å². The average Bonchev–Trinajstić information content (AvgIpc) is 3.17. The van der Waals surface area contributed by atoms with Crippen LogP contribution in [0.3, 0.4) is 0 Å². The number of nitrogens with one attached hydrogen (secondary N) is 1. The highest BCUT2D eigenvalue weighted by Crippen LogP contribution is 2.38. The minimum Gasteiger partial charge on any atom is -0.404 e. The van der Waals surface area contributed by atoms with Crippen LogP contribution in [0.4, 0.5) is 0 Å². The Hall–Kier alpha value is -2.27. The van der Waals surface area contributed by atoms with Crippen molar-refractivity contribution in [2.75, 3.05) is 6.61 Å². The second kappa shape index (κ2) is 9.77. The van der Waals surface area contributed by atoms with Gasteiger partial charge in [-0.1, -0.05) is 81.4 Å². The zero-order chi connectivity index (χ0) is 24.5. The third-order valence-electron chi connectivity index (χ3n) is 6.20. The van der Waals surface area contributed by atoms with Crippen molar-refractivity contribution >= 4 is 41.3 Å². The highest BCUT2D eigenvalue weighted by molar-refractivity contribution is 14.1. The molecule has 2 aromatic carbocycles. The Bertz CT molecular complexity index is 1260. The lowest BCUT2D eigenvalue weighted by Gasteiger charge is -2.43. The van der Waals surface area contributed by atoms with Gasteiger partial charge < -0.3 is 9.16 Å². The van der Waals surface area contributed by atoms with Crippen LogP contribution in [-0.4, -0.2) is 30.6 Å². The number of H-pyrrole nitrogens is 1. The van der Waals surface area contributed by atoms with E-state index in [1.54, 1.807) is 6.92 Å². The normalized spacial score (nSPS) is 18.7. The van der Waals surface area contributed by atoms with Gasteiger partial charge in [0.2, 0.25) is 0 Å². The number of aryl methyl sites for hydroxylation is 1. The van der Waals surface area contributed by atoms with Gasteiger partial charge in [0.1, 0.15) is 6.10 Å². The molecule has 0 spiro atoms. The molecule has 4 rings (SSSR count). The van der Waals surface area contributed by atoms with E-state index < -0.39 is 20.2 Å². The van der Waals surface area contributed by atoms with E-state index in [0.717, 1.165) is 3.58 Å². The van der Waals surface area contributed by atoms with Crippen molar-refractivity contribution in [1.29, 1.82) is 0 Å². The Morgan fingerprint density at radius 1 is 1.03 bits per heavy atom. The van der Waals surface area contributed by atoms with Crippen molar-refractivity contribution < 1.29 is 9.16 Å². The molecular formula is C26H29IN2O4Si. The number of ether oxygens (including phenoxy) is 1. The van der Waals surface area contributed by atoms with Crippen LogP contribution in [0.5, 0.6) is 0 Å². The molecule has 8 heteroatoms. The molecule has 0 aliphatic carbocycles. The molecule has 0 unspecified atom stereocenters. The Morgan fingerprint density at radius 2 is 1.59 bits per heavy atom. The van der Waals surface area contributed by atoms with Crippen molar-refractivity contribution in [3.63, 3.8) is 0 Å². The van der Waals surface area contributed by atoms with Gasteiger partial charge in [-0.2, -0.15) is 0 Å². The monoisotopic (exact) mass is 588 g/mol. The predicted molar refractivity (Wildman–Crippen MR) is 146 cm³/mol. The van der Waals surface area contributed by atoms with Gasteiger partial charge in [-0.05, 0) is 51.0 Å². The first-order valence-corrected chi connectivity index (χ1v) is 14.2. The molecule has 1 aliphatic heterocycles. The maximum absolute atomic E-state index is 12.4. The van der Waals surface area contributed by atoms with E-state index in [2.05, 4.69) is 96.9 Å². The number of nitrogens with zero attached hydrogens (tertiary/aromatic N) is 1. The summed E-state index contributed by atoms with van der Waals surface area (Å²) in [5.41, 5.74) is -0.419. The van der Waals surface area contributed by atoms with E-state index in [1.165, 1.54) is 21.1 Å². The lowest BCUT2D eigenvalue weighted by atomic mass is 10.2. The molecule has 178 valence electrons. The smallest absolute Gasteiger partial charge is 0.330 e. The van der Waals surface area contributed by atoms with Gasteiger partial charge in [0, 0.05) is 15.3 Å². The topological polar surface area (TPSA) is 73.3 Å². The summed E-state index contributed by atoms with van der Waals surface area (Å²) in [7, 11) is -2.70. The summed E-state index contributed by atoms with van der Waals surface area (Å²) < 4.78 is 15.6. The Balaban J connectivity index is 1.67. The van der Waals surface area contributed by atoms with E-state index in [-0.39, 0.29) is 16.7 Å². The first kappa shape index (κ1) is 24.8. The summed E-state index contributed by atoms with van der Waals surface area (Å²) in [5, 5.41) is 2.26. The lowest BCUT2D eigenvalue weighted by Crippen LogP contribution is -2.67. The molecule has 2 atom stereocenters. The molecule has 1 N–H and O–H groups in total. The molecule has 3 aromatic rings. The zero-order valence-electron chi connectivity index (χ0n) is 19.7. The number of benzene rings is 2. The summed E-state index contributed by atoms with van der Waals surface area (Å²) in [6, 6.07) is 20.9. The van der Waals surface area contributed by atoms with Crippen molar-refractivity contribution in [3.05, 3.63) is 103 Å². The number of halogens is 1. The Morgan fingerprint density at radius 3 is 2.12 bits per heavy atom. The van der Waals surface area contributed by atoms with Crippen LogP contribution >= 0.6 is 22.6 Å². The van der Waals surface area contributed by atoms with E-state index in [0.29, 0.717) is 12.2 Å². The SMILES string of the molecule is Cc1cn([C@H]2C=C(I)[C@@H](CO[Si](c3ccccc3)(c3ccccc3)C(C)(C)C)O2)c(=O)[nH]c1=O. The van der Waals surface area contributed by atoms with Gasteiger partial charge in [-0.15, -0.1) is 0 Å². The highest BCUT2D eigenvalue weighted by atomic mass is 127. The Labute approximate surface area is 213 Å². The third kappa shape index (κ3) is 4.64. The number of hydrogen-bond donors (Lipinski definition) is 1. The van der Waals surface area contributed by atoms with E-state index in [1.807, 2.05) is 18.2 Å². The number of rotatable bonds is 6. The molecule has 0 radical (unpaired) electrons. The quantitative estimate of drug-likeness (QED) is 0.353. The second-order valence-electron chi connectivity index (χ2n) is 9.52. The molecule has 0 fully saturated rings. The van der Waals surface area contributed by atoms with Gasteiger partial charge in [-0.25, -0.2) is 4.79 Å². The zero-order valence-corrected chi connectivity index (χ0v) is 22.9. The summed E-state index contributed by atoms with van der Waals surface area (Å²) >= 11 is 2.25. The predicted octanol–water partition coefficient (Wildman–Crippen LogP) is 3.64. The number of aromatic amines is 1. The largest absolute Gasteiger partial charge is 0.404 e. The number of aromatic nitrogens is 2. The van der Waals surface area contributed by atoms with Crippen LogP contribution in [0.2, 0.25) is 5.04 Å². The fourth-order valence-electron chi connectivity index (χ4n) is 4.52. The van der Waals surface area contributed by atoms with Gasteiger partial charge in [-0.3, -0.25) is 14.3 Å². The third-order valence-corrected chi connectivity index (χ3v) is 12.3. The van der Waals surface area contributed by atoms with Crippen LogP contribution in [0.1, 0.15) is 32.6 Å². The van der Waals surface area contributed by atoms with E-state index >= 15 is 0 Å². The van der Waals surface area contributed by atoms with Crippen molar-refractivity contribution in [2.24, 2.45) is 0 Å². The van der Waals surface area contributed by atoms with Gasteiger partial charge in [0.15, 0.2) is 6.23 Å². The molecule has 1 aromatic heterocycles. The van der Waals surface area contributed by atoms with Crippen molar-refractivity contribution in [2.45, 2.75) is 45.1 Å². The Kier molecular flexibility index (Phi) is 7.14. The summed E-state index contributed by atoms with van der Waals surface area (Å²) in [5.74, 6) is 0. The van der Waals surface area contributed by atoms with Gasteiger partial charge >= 0.3 is 5.69 Å². The first-order chi connectivity index (χ1) is 16.1. The molecule has 0 bridgehead atoms. The van der Waals surface area contributed by atoms with E-state index in [4.69, 9.17) is 9.16 Å². The van der Waals surface area contributed by atoms with E-state index in [9.17, 15) is 9.59 Å². The maximum Gasteiger partial charge on any atom is 0.330 e. The average molecular weight is 589 g/mol. The molecular weight excluding hydrogens is 559 g/mol. The standard InChI is InChI=1S/C26H29IN2O4Si/c1-18-16-29(25(31)28-24(18)30)23-15-21(27)22(33-23)17-32-34(26(2,3)4,19-11-7-5-8-12-19)20-13-9-6-10-14-20/h5-16,22-23H,17H2,1-4H3,(H,28,30,31)/t22-,23-/m1/s1. The van der Waals surface area contributed by atoms with Crippen LogP contribution in [-0.2, 0) is 9.16 Å². The minimum absolute atomic E-state index is 0.143. The van der Waals surface area contributed by atoms with Crippen LogP contribution in [0.25, 0.3) is 0 Å². The van der Waals surface area contributed by atoms with Gasteiger partial charge in [0.25, 0.3) is 13.9 Å². The molecule has 0 saturated carbocycles. The molecule has 34 heavy (non-hydrogen) atoms. The fraction of sp³-hybridized carbons (Fsp3) is 0.308. The second-order valence-corrected chi connectivity index (χ2v) is 15.1. The van der Waals surface area contributed by atoms with Crippen LogP contribution in [0, 0.1) is 6.92 Å². The van der Waals surface area contributed by atoms with Gasteiger partial charge in [0.05, 0.1) is 6.61 Å². The summed E-state index contributed by atoms with van der Waals surface area (Å²) in [4.78, 5) is 26.5. The molecule has 0 saturated heterocycles.